The Morgan fingerprint density at radius 2 is 1.75 bits per heavy atom. The van der Waals surface area contributed by atoms with Crippen molar-refractivity contribution in [2.24, 2.45) is 0 Å². The highest BCUT2D eigenvalue weighted by Crippen LogP contribution is 2.36. The predicted molar refractivity (Wildman–Crippen MR) is 106 cm³/mol. The molecule has 1 aliphatic heterocycles. The molecule has 2 aromatic heterocycles. The van der Waals surface area contributed by atoms with Crippen molar-refractivity contribution in [3.8, 4) is 39.7 Å². The fraction of sp³-hybridized carbons (Fsp3) is 0.0476. The number of pyridine rings is 1. The Bertz CT molecular complexity index is 1250. The van der Waals surface area contributed by atoms with Crippen LogP contribution in [-0.2, 0) is 0 Å². The summed E-state index contributed by atoms with van der Waals surface area (Å²) >= 11 is 6.17. The summed E-state index contributed by atoms with van der Waals surface area (Å²) in [5, 5.41) is 3.48. The summed E-state index contributed by atoms with van der Waals surface area (Å²) in [7, 11) is 0. The van der Waals surface area contributed by atoms with Gasteiger partial charge in [-0.25, -0.2) is 4.98 Å². The van der Waals surface area contributed by atoms with Crippen molar-refractivity contribution < 1.29 is 9.47 Å². The summed E-state index contributed by atoms with van der Waals surface area (Å²) in [6.45, 7) is 0.240. The van der Waals surface area contributed by atoms with Crippen molar-refractivity contribution >= 4 is 11.6 Å². The number of nitrogens with zero attached hydrogens (tertiary/aromatic N) is 2. The van der Waals surface area contributed by atoms with Gasteiger partial charge in [0.15, 0.2) is 17.3 Å². The minimum absolute atomic E-state index is 0.232. The van der Waals surface area contributed by atoms with Gasteiger partial charge in [0.05, 0.1) is 10.7 Å². The van der Waals surface area contributed by atoms with Gasteiger partial charge in [-0.2, -0.15) is 4.68 Å². The minimum Gasteiger partial charge on any atom is -0.454 e. The Morgan fingerprint density at radius 3 is 2.64 bits per heavy atom. The van der Waals surface area contributed by atoms with Crippen LogP contribution < -0.4 is 15.0 Å². The number of hydrogen-bond acceptors (Lipinski definition) is 4. The van der Waals surface area contributed by atoms with Crippen molar-refractivity contribution in [3.05, 3.63) is 82.2 Å². The molecule has 0 radical (unpaired) electrons. The van der Waals surface area contributed by atoms with Crippen molar-refractivity contribution in [2.75, 3.05) is 6.79 Å². The molecule has 0 aliphatic carbocycles. The molecule has 7 heteroatoms. The Kier molecular flexibility index (Phi) is 3.91. The molecular weight excluding hydrogens is 378 g/mol. The molecule has 5 rings (SSSR count). The average Bonchev–Trinajstić information content (AvgIpc) is 3.34. The van der Waals surface area contributed by atoms with E-state index in [2.05, 4.69) is 10.1 Å². The highest BCUT2D eigenvalue weighted by Gasteiger charge is 2.15. The Hall–Kier alpha value is -3.51. The van der Waals surface area contributed by atoms with Gasteiger partial charge in [-0.05, 0) is 41.5 Å². The number of aromatic nitrogens is 3. The molecule has 138 valence electrons. The molecule has 28 heavy (non-hydrogen) atoms. The smallest absolute Gasteiger partial charge is 0.273 e. The zero-order chi connectivity index (χ0) is 19.1. The summed E-state index contributed by atoms with van der Waals surface area (Å²) in [5.41, 5.74) is 3.32. The highest BCUT2D eigenvalue weighted by atomic mass is 35.5. The number of ether oxygens (including phenoxy) is 2. The first-order valence-electron chi connectivity index (χ1n) is 8.62. The molecule has 0 atom stereocenters. The molecule has 0 amide bonds. The number of halogens is 1. The Balaban J connectivity index is 1.55. The van der Waals surface area contributed by atoms with Crippen LogP contribution in [0.4, 0.5) is 0 Å². The number of hydrogen-bond donors (Lipinski definition) is 1. The minimum atomic E-state index is -0.232. The van der Waals surface area contributed by atoms with Crippen molar-refractivity contribution in [1.29, 1.82) is 0 Å². The van der Waals surface area contributed by atoms with E-state index in [0.717, 1.165) is 28.2 Å². The molecule has 0 saturated carbocycles. The zero-order valence-electron chi connectivity index (χ0n) is 14.6. The first-order valence-corrected chi connectivity index (χ1v) is 9.00. The van der Waals surface area contributed by atoms with Crippen molar-refractivity contribution in [1.82, 2.24) is 14.8 Å². The number of H-pyrrole nitrogens is 1. The molecule has 1 N–H and O–H groups in total. The van der Waals surface area contributed by atoms with Gasteiger partial charge in [0.1, 0.15) is 0 Å². The van der Waals surface area contributed by atoms with E-state index in [0.29, 0.717) is 16.5 Å². The third kappa shape index (κ3) is 2.84. The molecule has 4 aromatic rings. The van der Waals surface area contributed by atoms with E-state index in [1.165, 1.54) is 10.7 Å². The lowest BCUT2D eigenvalue weighted by Crippen LogP contribution is -2.15. The number of rotatable bonds is 3. The summed E-state index contributed by atoms with van der Waals surface area (Å²) in [4.78, 5) is 16.6. The van der Waals surface area contributed by atoms with Gasteiger partial charge in [0, 0.05) is 17.8 Å². The topological polar surface area (TPSA) is 69.1 Å². The Morgan fingerprint density at radius 1 is 0.929 bits per heavy atom. The van der Waals surface area contributed by atoms with Gasteiger partial charge in [-0.3, -0.25) is 9.89 Å². The maximum absolute atomic E-state index is 12.5. The van der Waals surface area contributed by atoms with E-state index in [4.69, 9.17) is 21.1 Å². The van der Waals surface area contributed by atoms with Crippen LogP contribution in [0.2, 0.25) is 5.02 Å². The normalized spacial score (nSPS) is 12.3. The van der Waals surface area contributed by atoms with Crippen molar-refractivity contribution in [3.63, 3.8) is 0 Å². The van der Waals surface area contributed by atoms with Crippen LogP contribution in [0.5, 0.6) is 11.5 Å². The lowest BCUT2D eigenvalue weighted by atomic mass is 10.0. The van der Waals surface area contributed by atoms with Crippen LogP contribution in [0.25, 0.3) is 28.2 Å². The van der Waals surface area contributed by atoms with Crippen LogP contribution in [0.15, 0.2) is 71.7 Å². The predicted octanol–water partition coefficient (Wildman–Crippen LogP) is 4.28. The van der Waals surface area contributed by atoms with Gasteiger partial charge in [-0.15, -0.1) is 0 Å². The SMILES string of the molecule is O=c1cc(-c2cccc(-c3ccc4c(c3)OCO4)c2)[nH]n1-c1ncccc1Cl. The molecule has 3 heterocycles. The second-order valence-corrected chi connectivity index (χ2v) is 6.71. The van der Waals surface area contributed by atoms with Gasteiger partial charge in [0.25, 0.3) is 5.56 Å². The fourth-order valence-corrected chi connectivity index (χ4v) is 3.39. The molecule has 0 fully saturated rings. The highest BCUT2D eigenvalue weighted by molar-refractivity contribution is 6.32. The number of aromatic amines is 1. The first kappa shape index (κ1) is 16.6. The number of nitrogens with one attached hydrogen (secondary N) is 1. The monoisotopic (exact) mass is 391 g/mol. The van der Waals surface area contributed by atoms with Gasteiger partial charge >= 0.3 is 0 Å². The second-order valence-electron chi connectivity index (χ2n) is 6.30. The molecule has 1 aliphatic rings. The Labute approximate surface area is 164 Å². The standard InChI is InChI=1S/C21H14ClN3O3/c22-16-5-2-8-23-21(16)25-20(26)11-17(24-25)15-4-1-3-13(9-15)14-6-7-18-19(10-14)28-12-27-18/h1-11,24H,12H2. The van der Waals surface area contributed by atoms with E-state index in [9.17, 15) is 4.79 Å². The summed E-state index contributed by atoms with van der Waals surface area (Å²) in [6.07, 6.45) is 1.59. The summed E-state index contributed by atoms with van der Waals surface area (Å²) in [6, 6.07) is 18.7. The average molecular weight is 392 g/mol. The van der Waals surface area contributed by atoms with E-state index in [-0.39, 0.29) is 12.4 Å². The third-order valence-corrected chi connectivity index (χ3v) is 4.85. The first-order chi connectivity index (χ1) is 13.7. The van der Waals surface area contributed by atoms with E-state index in [1.807, 2.05) is 42.5 Å². The third-order valence-electron chi connectivity index (χ3n) is 4.55. The molecule has 2 aromatic carbocycles. The molecule has 6 nitrogen and oxygen atoms in total. The lowest BCUT2D eigenvalue weighted by molar-refractivity contribution is 0.174. The van der Waals surface area contributed by atoms with Crippen LogP contribution in [0.1, 0.15) is 0 Å². The van der Waals surface area contributed by atoms with Crippen LogP contribution >= 0.6 is 11.6 Å². The van der Waals surface area contributed by atoms with Crippen LogP contribution in [0, 0.1) is 0 Å². The number of fused-ring (bicyclic) bond motifs is 1. The van der Waals surface area contributed by atoms with Crippen LogP contribution in [0.3, 0.4) is 0 Å². The summed E-state index contributed by atoms with van der Waals surface area (Å²) < 4.78 is 12.2. The number of benzene rings is 2. The van der Waals surface area contributed by atoms with Crippen molar-refractivity contribution in [2.45, 2.75) is 0 Å². The van der Waals surface area contributed by atoms with Crippen LogP contribution in [-0.4, -0.2) is 21.6 Å². The second kappa shape index (κ2) is 6.58. The fourth-order valence-electron chi connectivity index (χ4n) is 3.19. The van der Waals surface area contributed by atoms with Gasteiger partial charge in [0.2, 0.25) is 6.79 Å². The zero-order valence-corrected chi connectivity index (χ0v) is 15.3. The van der Waals surface area contributed by atoms with E-state index in [1.54, 1.807) is 18.3 Å². The molecule has 0 saturated heterocycles. The lowest BCUT2D eigenvalue weighted by Gasteiger charge is -2.06. The van der Waals surface area contributed by atoms with Gasteiger partial charge < -0.3 is 9.47 Å². The largest absolute Gasteiger partial charge is 0.454 e. The summed E-state index contributed by atoms with van der Waals surface area (Å²) in [5.74, 6) is 1.84. The maximum Gasteiger partial charge on any atom is 0.273 e. The molecule has 0 unspecified atom stereocenters. The quantitative estimate of drug-likeness (QED) is 0.566. The van der Waals surface area contributed by atoms with E-state index < -0.39 is 0 Å². The van der Waals surface area contributed by atoms with E-state index >= 15 is 0 Å². The molecule has 0 bridgehead atoms. The maximum atomic E-state index is 12.5. The van der Waals surface area contributed by atoms with Gasteiger partial charge in [-0.1, -0.05) is 35.9 Å². The molecular formula is C21H14ClN3O3. The molecule has 0 spiro atoms.